The van der Waals surface area contributed by atoms with Crippen molar-refractivity contribution >= 4 is 17.6 Å². The number of hydrogen-bond acceptors (Lipinski definition) is 4. The van der Waals surface area contributed by atoms with Gasteiger partial charge in [0.2, 0.25) is 0 Å². The van der Waals surface area contributed by atoms with Gasteiger partial charge in [-0.25, -0.2) is 4.79 Å². The minimum absolute atomic E-state index is 0.0943. The van der Waals surface area contributed by atoms with Crippen LogP contribution in [-0.2, 0) is 0 Å². The number of anilines is 1. The molecule has 6 heteroatoms. The van der Waals surface area contributed by atoms with Gasteiger partial charge in [-0.05, 0) is 30.7 Å². The molecule has 108 valence electrons. The molecular formula is C15H13NO5. The highest BCUT2D eigenvalue weighted by atomic mass is 16.4. The summed E-state index contributed by atoms with van der Waals surface area (Å²) in [6.07, 6.45) is 0. The normalized spacial score (nSPS) is 10.1. The number of para-hydroxylation sites is 1. The van der Waals surface area contributed by atoms with Gasteiger partial charge in [0.05, 0.1) is 5.56 Å². The van der Waals surface area contributed by atoms with Crippen molar-refractivity contribution < 1.29 is 24.9 Å². The lowest BCUT2D eigenvalue weighted by molar-refractivity contribution is 0.0693. The number of aromatic carboxylic acids is 1. The number of carboxylic acids is 1. The molecule has 21 heavy (non-hydrogen) atoms. The first-order chi connectivity index (χ1) is 9.90. The topological polar surface area (TPSA) is 107 Å². The summed E-state index contributed by atoms with van der Waals surface area (Å²) >= 11 is 0. The maximum absolute atomic E-state index is 12.0. The molecule has 0 radical (unpaired) electrons. The van der Waals surface area contributed by atoms with Crippen LogP contribution in [0, 0.1) is 6.92 Å². The van der Waals surface area contributed by atoms with Gasteiger partial charge in [-0.1, -0.05) is 12.1 Å². The highest BCUT2D eigenvalue weighted by Gasteiger charge is 2.14. The minimum atomic E-state index is -1.26. The predicted molar refractivity (Wildman–Crippen MR) is 75.9 cm³/mol. The third-order valence-corrected chi connectivity index (χ3v) is 2.97. The van der Waals surface area contributed by atoms with Crippen LogP contribution in [0.4, 0.5) is 5.69 Å². The van der Waals surface area contributed by atoms with Gasteiger partial charge in [0, 0.05) is 11.8 Å². The lowest BCUT2D eigenvalue weighted by atomic mass is 10.1. The average Bonchev–Trinajstić information content (AvgIpc) is 2.41. The van der Waals surface area contributed by atoms with E-state index in [1.165, 1.54) is 18.2 Å². The molecule has 2 aromatic carbocycles. The van der Waals surface area contributed by atoms with Gasteiger partial charge < -0.3 is 20.6 Å². The SMILES string of the molecule is Cc1cccc(C(=O)Nc2ccc(C(=O)O)c(O)c2)c1O. The first-order valence-electron chi connectivity index (χ1n) is 6.06. The molecule has 0 aromatic heterocycles. The molecule has 0 heterocycles. The lowest BCUT2D eigenvalue weighted by Crippen LogP contribution is -2.12. The molecule has 2 rings (SSSR count). The second-order valence-electron chi connectivity index (χ2n) is 4.46. The van der Waals surface area contributed by atoms with E-state index in [2.05, 4.69) is 5.32 Å². The van der Waals surface area contributed by atoms with Crippen LogP contribution in [0.3, 0.4) is 0 Å². The van der Waals surface area contributed by atoms with Crippen LogP contribution in [0.15, 0.2) is 36.4 Å². The van der Waals surface area contributed by atoms with E-state index in [-0.39, 0.29) is 22.6 Å². The van der Waals surface area contributed by atoms with Crippen molar-refractivity contribution in [2.24, 2.45) is 0 Å². The number of carbonyl (C=O) groups excluding carboxylic acids is 1. The minimum Gasteiger partial charge on any atom is -0.507 e. The summed E-state index contributed by atoms with van der Waals surface area (Å²) < 4.78 is 0. The summed E-state index contributed by atoms with van der Waals surface area (Å²) in [4.78, 5) is 22.8. The van der Waals surface area contributed by atoms with Crippen molar-refractivity contribution in [2.45, 2.75) is 6.92 Å². The maximum Gasteiger partial charge on any atom is 0.339 e. The molecule has 0 bridgehead atoms. The number of nitrogens with one attached hydrogen (secondary N) is 1. The molecule has 0 aliphatic carbocycles. The number of rotatable bonds is 3. The standard InChI is InChI=1S/C15H13NO5/c1-8-3-2-4-11(13(8)18)14(19)16-9-5-6-10(15(20)21)12(17)7-9/h2-7,17-18H,1H3,(H,16,19)(H,20,21). The van der Waals surface area contributed by atoms with Crippen LogP contribution >= 0.6 is 0 Å². The first-order valence-corrected chi connectivity index (χ1v) is 6.06. The van der Waals surface area contributed by atoms with Crippen molar-refractivity contribution in [3.8, 4) is 11.5 Å². The zero-order valence-electron chi connectivity index (χ0n) is 11.1. The van der Waals surface area contributed by atoms with Gasteiger partial charge in [0.25, 0.3) is 5.91 Å². The first kappa shape index (κ1) is 14.4. The van der Waals surface area contributed by atoms with Gasteiger partial charge in [-0.15, -0.1) is 0 Å². The second kappa shape index (κ2) is 5.54. The zero-order valence-corrected chi connectivity index (χ0v) is 11.1. The molecule has 0 spiro atoms. The molecular weight excluding hydrogens is 274 g/mol. The summed E-state index contributed by atoms with van der Waals surface area (Å²) in [6, 6.07) is 8.43. The molecule has 2 aromatic rings. The van der Waals surface area contributed by atoms with E-state index < -0.39 is 17.6 Å². The molecule has 0 saturated heterocycles. The Kier molecular flexibility index (Phi) is 3.80. The number of hydrogen-bond donors (Lipinski definition) is 4. The number of aryl methyl sites for hydroxylation is 1. The lowest BCUT2D eigenvalue weighted by Gasteiger charge is -2.09. The number of aromatic hydroxyl groups is 2. The molecule has 0 saturated carbocycles. The Labute approximate surface area is 120 Å². The van der Waals surface area contributed by atoms with E-state index in [0.29, 0.717) is 5.56 Å². The molecule has 0 atom stereocenters. The Bertz CT molecular complexity index is 724. The Hall–Kier alpha value is -3.02. The predicted octanol–water partition coefficient (Wildman–Crippen LogP) is 2.36. The summed E-state index contributed by atoms with van der Waals surface area (Å²) in [5.41, 5.74) is 0.623. The van der Waals surface area contributed by atoms with Crippen LogP contribution in [0.2, 0.25) is 0 Å². The molecule has 0 fully saturated rings. The monoisotopic (exact) mass is 287 g/mol. The largest absolute Gasteiger partial charge is 0.507 e. The highest BCUT2D eigenvalue weighted by Crippen LogP contribution is 2.25. The van der Waals surface area contributed by atoms with E-state index in [1.807, 2.05) is 0 Å². The van der Waals surface area contributed by atoms with E-state index in [1.54, 1.807) is 19.1 Å². The second-order valence-corrected chi connectivity index (χ2v) is 4.46. The van der Waals surface area contributed by atoms with E-state index in [4.69, 9.17) is 5.11 Å². The number of carboxylic acid groups (broad SMARTS) is 1. The van der Waals surface area contributed by atoms with Crippen LogP contribution in [0.1, 0.15) is 26.3 Å². The highest BCUT2D eigenvalue weighted by molar-refractivity contribution is 6.06. The fourth-order valence-electron chi connectivity index (χ4n) is 1.83. The Morgan fingerprint density at radius 3 is 2.38 bits per heavy atom. The zero-order chi connectivity index (χ0) is 15.6. The number of benzene rings is 2. The quantitative estimate of drug-likeness (QED) is 0.693. The number of phenolic OH excluding ortho intramolecular Hbond substituents is 1. The number of carbonyl (C=O) groups is 2. The Morgan fingerprint density at radius 1 is 1.05 bits per heavy atom. The maximum atomic E-state index is 12.0. The fraction of sp³-hybridized carbons (Fsp3) is 0.0667. The van der Waals surface area contributed by atoms with Crippen LogP contribution in [-0.4, -0.2) is 27.2 Å². The molecule has 0 unspecified atom stereocenters. The summed E-state index contributed by atoms with van der Waals surface area (Å²) in [6.45, 7) is 1.67. The molecule has 6 nitrogen and oxygen atoms in total. The summed E-state index contributed by atoms with van der Waals surface area (Å²) in [7, 11) is 0. The van der Waals surface area contributed by atoms with Gasteiger partial charge in [0.1, 0.15) is 17.1 Å². The molecule has 0 aliphatic rings. The van der Waals surface area contributed by atoms with Crippen molar-refractivity contribution in [2.75, 3.05) is 5.32 Å². The van der Waals surface area contributed by atoms with Gasteiger partial charge in [0.15, 0.2) is 0 Å². The Balaban J connectivity index is 2.26. The Morgan fingerprint density at radius 2 is 1.76 bits per heavy atom. The van der Waals surface area contributed by atoms with Gasteiger partial charge >= 0.3 is 5.97 Å². The van der Waals surface area contributed by atoms with Crippen LogP contribution < -0.4 is 5.32 Å². The van der Waals surface area contributed by atoms with Gasteiger partial charge in [-0.3, -0.25) is 4.79 Å². The molecule has 1 amide bonds. The van der Waals surface area contributed by atoms with Gasteiger partial charge in [-0.2, -0.15) is 0 Å². The van der Waals surface area contributed by atoms with Crippen LogP contribution in [0.25, 0.3) is 0 Å². The molecule has 0 aliphatic heterocycles. The number of amides is 1. The third-order valence-electron chi connectivity index (χ3n) is 2.97. The average molecular weight is 287 g/mol. The van der Waals surface area contributed by atoms with E-state index >= 15 is 0 Å². The van der Waals surface area contributed by atoms with Crippen molar-refractivity contribution in [3.05, 3.63) is 53.1 Å². The van der Waals surface area contributed by atoms with Crippen molar-refractivity contribution in [1.29, 1.82) is 0 Å². The fourth-order valence-corrected chi connectivity index (χ4v) is 1.83. The third kappa shape index (κ3) is 2.94. The van der Waals surface area contributed by atoms with Crippen molar-refractivity contribution in [3.63, 3.8) is 0 Å². The number of phenols is 2. The van der Waals surface area contributed by atoms with Crippen molar-refractivity contribution in [1.82, 2.24) is 0 Å². The van der Waals surface area contributed by atoms with Crippen LogP contribution in [0.5, 0.6) is 11.5 Å². The summed E-state index contributed by atoms with van der Waals surface area (Å²) in [5.74, 6) is -2.39. The smallest absolute Gasteiger partial charge is 0.339 e. The van der Waals surface area contributed by atoms with E-state index in [9.17, 15) is 19.8 Å². The van der Waals surface area contributed by atoms with E-state index in [0.717, 1.165) is 6.07 Å². The molecule has 4 N–H and O–H groups in total. The summed E-state index contributed by atoms with van der Waals surface area (Å²) in [5, 5.41) is 30.7.